The molecule has 0 saturated carbocycles. The molecule has 0 amide bonds. The predicted octanol–water partition coefficient (Wildman–Crippen LogP) is 4.74. The fourth-order valence-corrected chi connectivity index (χ4v) is 2.98. The van der Waals surface area contributed by atoms with Crippen molar-refractivity contribution >= 4 is 53.1 Å². The lowest BCUT2D eigenvalue weighted by Crippen LogP contribution is -2.36. The van der Waals surface area contributed by atoms with E-state index >= 15 is 0 Å². The fraction of sp³-hybridized carbons (Fsp3) is 0.235. The molecule has 3 rings (SSSR count). The standard InChI is InChI=1S/C17H17Cl2N3.HI/c1-22(11-13-7-8-14(18)9-15(13)19)17-20-10-16(21-17)12-5-3-2-4-6-12;/h2-9,16H,10-11H2,1H3,(H,20,21);1H. The van der Waals surface area contributed by atoms with Gasteiger partial charge in [0.05, 0.1) is 12.6 Å². The Kier molecular flexibility index (Phi) is 6.56. The van der Waals surface area contributed by atoms with E-state index in [4.69, 9.17) is 23.2 Å². The lowest BCUT2D eigenvalue weighted by molar-refractivity contribution is 0.480. The minimum Gasteiger partial charge on any atom is -0.348 e. The van der Waals surface area contributed by atoms with E-state index in [1.165, 1.54) is 5.56 Å². The van der Waals surface area contributed by atoms with Crippen LogP contribution in [0.3, 0.4) is 0 Å². The van der Waals surface area contributed by atoms with Gasteiger partial charge < -0.3 is 10.2 Å². The van der Waals surface area contributed by atoms with E-state index in [0.717, 1.165) is 18.1 Å². The average molecular weight is 462 g/mol. The van der Waals surface area contributed by atoms with E-state index in [1.807, 2.05) is 37.4 Å². The third-order valence-electron chi connectivity index (χ3n) is 3.71. The van der Waals surface area contributed by atoms with E-state index in [-0.39, 0.29) is 30.0 Å². The van der Waals surface area contributed by atoms with Crippen molar-refractivity contribution in [2.45, 2.75) is 12.6 Å². The molecule has 0 bridgehead atoms. The van der Waals surface area contributed by atoms with Gasteiger partial charge in [0, 0.05) is 23.6 Å². The number of nitrogens with one attached hydrogen (secondary N) is 1. The van der Waals surface area contributed by atoms with Gasteiger partial charge in [-0.3, -0.25) is 4.99 Å². The van der Waals surface area contributed by atoms with Crippen LogP contribution in [0.4, 0.5) is 0 Å². The molecular formula is C17H18Cl2IN3. The van der Waals surface area contributed by atoms with Crippen LogP contribution in [0.2, 0.25) is 10.0 Å². The van der Waals surface area contributed by atoms with Crippen molar-refractivity contribution in [3.63, 3.8) is 0 Å². The highest BCUT2D eigenvalue weighted by molar-refractivity contribution is 14.0. The van der Waals surface area contributed by atoms with Gasteiger partial charge in [-0.05, 0) is 23.3 Å². The topological polar surface area (TPSA) is 27.6 Å². The first kappa shape index (κ1) is 18.4. The third kappa shape index (κ3) is 4.52. The zero-order valence-electron chi connectivity index (χ0n) is 12.7. The summed E-state index contributed by atoms with van der Waals surface area (Å²) in [7, 11) is 2.00. The number of benzene rings is 2. The molecule has 3 nitrogen and oxygen atoms in total. The van der Waals surface area contributed by atoms with Gasteiger partial charge in [0.15, 0.2) is 5.96 Å². The van der Waals surface area contributed by atoms with E-state index < -0.39 is 0 Å². The summed E-state index contributed by atoms with van der Waals surface area (Å²) in [6, 6.07) is 16.2. The van der Waals surface area contributed by atoms with E-state index in [0.29, 0.717) is 16.6 Å². The van der Waals surface area contributed by atoms with Crippen LogP contribution in [0.5, 0.6) is 0 Å². The Hall–Kier alpha value is -0.980. The zero-order valence-corrected chi connectivity index (χ0v) is 16.5. The van der Waals surface area contributed by atoms with Crippen molar-refractivity contribution in [1.82, 2.24) is 10.2 Å². The molecule has 0 radical (unpaired) electrons. The Labute approximate surface area is 163 Å². The monoisotopic (exact) mass is 461 g/mol. The van der Waals surface area contributed by atoms with Gasteiger partial charge >= 0.3 is 0 Å². The summed E-state index contributed by atoms with van der Waals surface area (Å²) in [5.74, 6) is 0.889. The molecule has 1 atom stereocenters. The second kappa shape index (κ2) is 8.22. The smallest absolute Gasteiger partial charge is 0.194 e. The summed E-state index contributed by atoms with van der Waals surface area (Å²) in [4.78, 5) is 6.67. The molecule has 6 heteroatoms. The normalized spacial score (nSPS) is 16.3. The highest BCUT2D eigenvalue weighted by Crippen LogP contribution is 2.23. The van der Waals surface area contributed by atoms with Gasteiger partial charge in [0.2, 0.25) is 0 Å². The van der Waals surface area contributed by atoms with Crippen molar-refractivity contribution in [3.8, 4) is 0 Å². The number of halogens is 3. The summed E-state index contributed by atoms with van der Waals surface area (Å²) in [5, 5.41) is 4.79. The van der Waals surface area contributed by atoms with Crippen LogP contribution in [-0.2, 0) is 6.54 Å². The number of rotatable bonds is 3. The Bertz CT molecular complexity index is 691. The summed E-state index contributed by atoms with van der Waals surface area (Å²) in [6.45, 7) is 1.43. The van der Waals surface area contributed by atoms with Gasteiger partial charge in [-0.15, -0.1) is 24.0 Å². The second-order valence-corrected chi connectivity index (χ2v) is 6.21. The van der Waals surface area contributed by atoms with Crippen LogP contribution in [0.1, 0.15) is 17.2 Å². The highest BCUT2D eigenvalue weighted by atomic mass is 127. The van der Waals surface area contributed by atoms with Gasteiger partial charge in [-0.25, -0.2) is 0 Å². The van der Waals surface area contributed by atoms with Crippen LogP contribution in [0.25, 0.3) is 0 Å². The molecule has 122 valence electrons. The molecule has 1 unspecified atom stereocenters. The van der Waals surface area contributed by atoms with Crippen LogP contribution < -0.4 is 5.32 Å². The van der Waals surface area contributed by atoms with Crippen LogP contribution in [0.15, 0.2) is 53.5 Å². The summed E-state index contributed by atoms with van der Waals surface area (Å²) >= 11 is 12.2. The summed E-state index contributed by atoms with van der Waals surface area (Å²) in [5.41, 5.74) is 2.28. The van der Waals surface area contributed by atoms with Crippen molar-refractivity contribution in [1.29, 1.82) is 0 Å². The second-order valence-electron chi connectivity index (χ2n) is 5.36. The number of hydrogen-bond donors (Lipinski definition) is 1. The lowest BCUT2D eigenvalue weighted by atomic mass is 10.1. The first-order valence-electron chi connectivity index (χ1n) is 7.14. The van der Waals surface area contributed by atoms with E-state index in [1.54, 1.807) is 6.07 Å². The summed E-state index contributed by atoms with van der Waals surface area (Å²) < 4.78 is 0. The first-order valence-corrected chi connectivity index (χ1v) is 7.90. The number of aliphatic imine (C=N–C) groups is 1. The molecule has 0 saturated heterocycles. The molecule has 2 aromatic carbocycles. The Morgan fingerprint density at radius 2 is 1.91 bits per heavy atom. The van der Waals surface area contributed by atoms with Gasteiger partial charge in [0.1, 0.15) is 0 Å². The molecular weight excluding hydrogens is 444 g/mol. The number of guanidine groups is 1. The predicted molar refractivity (Wildman–Crippen MR) is 108 cm³/mol. The van der Waals surface area contributed by atoms with Crippen LogP contribution in [-0.4, -0.2) is 24.5 Å². The largest absolute Gasteiger partial charge is 0.348 e. The maximum Gasteiger partial charge on any atom is 0.194 e. The number of nitrogens with zero attached hydrogens (tertiary/aromatic N) is 2. The molecule has 2 aromatic rings. The molecule has 1 heterocycles. The van der Waals surface area contributed by atoms with Gasteiger partial charge in [-0.2, -0.15) is 0 Å². The first-order chi connectivity index (χ1) is 10.6. The molecule has 1 aliphatic rings. The quantitative estimate of drug-likeness (QED) is 0.668. The number of hydrogen-bond acceptors (Lipinski definition) is 3. The summed E-state index contributed by atoms with van der Waals surface area (Å²) in [6.07, 6.45) is 0. The molecule has 0 aromatic heterocycles. The fourth-order valence-electron chi connectivity index (χ4n) is 2.51. The molecule has 0 aliphatic carbocycles. The Balaban J connectivity index is 0.00000192. The zero-order chi connectivity index (χ0) is 15.5. The van der Waals surface area contributed by atoms with E-state index in [9.17, 15) is 0 Å². The average Bonchev–Trinajstić information content (AvgIpc) is 3.01. The SMILES string of the molecule is CN(Cc1ccc(Cl)cc1Cl)C1=NCC(c2ccccc2)N1.I. The molecule has 0 fully saturated rings. The maximum absolute atomic E-state index is 6.23. The minimum atomic E-state index is 0. The molecule has 1 N–H and O–H groups in total. The molecule has 0 spiro atoms. The van der Waals surface area contributed by atoms with Crippen molar-refractivity contribution in [2.75, 3.05) is 13.6 Å². The van der Waals surface area contributed by atoms with Crippen LogP contribution >= 0.6 is 47.2 Å². The minimum absolute atomic E-state index is 0. The molecule has 1 aliphatic heterocycles. The highest BCUT2D eigenvalue weighted by Gasteiger charge is 2.21. The van der Waals surface area contributed by atoms with Gasteiger partial charge in [-0.1, -0.05) is 59.6 Å². The maximum atomic E-state index is 6.23. The van der Waals surface area contributed by atoms with Crippen LogP contribution in [0, 0.1) is 0 Å². The van der Waals surface area contributed by atoms with E-state index in [2.05, 4.69) is 27.3 Å². The third-order valence-corrected chi connectivity index (χ3v) is 4.30. The van der Waals surface area contributed by atoms with Crippen molar-refractivity contribution < 1.29 is 0 Å². The Morgan fingerprint density at radius 3 is 2.61 bits per heavy atom. The van der Waals surface area contributed by atoms with Crippen molar-refractivity contribution in [3.05, 3.63) is 69.7 Å². The Morgan fingerprint density at radius 1 is 1.17 bits per heavy atom. The van der Waals surface area contributed by atoms with Crippen molar-refractivity contribution in [2.24, 2.45) is 4.99 Å². The molecule has 23 heavy (non-hydrogen) atoms. The lowest BCUT2D eigenvalue weighted by Gasteiger charge is -2.21. The van der Waals surface area contributed by atoms with Gasteiger partial charge in [0.25, 0.3) is 0 Å².